The summed E-state index contributed by atoms with van der Waals surface area (Å²) in [5, 5.41) is 22.7. The van der Waals surface area contributed by atoms with Gasteiger partial charge in [0.25, 0.3) is 5.91 Å². The third kappa shape index (κ3) is 6.72. The van der Waals surface area contributed by atoms with Crippen molar-refractivity contribution in [3.05, 3.63) is 51.4 Å². The van der Waals surface area contributed by atoms with Gasteiger partial charge in [0.15, 0.2) is 11.9 Å². The van der Waals surface area contributed by atoms with Gasteiger partial charge in [-0.3, -0.25) is 15.0 Å². The molecule has 1 atom stereocenters. The maximum absolute atomic E-state index is 13.1. The molecule has 0 spiro atoms. The molecule has 3 aromatic rings. The van der Waals surface area contributed by atoms with Crippen LogP contribution in [0.3, 0.4) is 0 Å². The van der Waals surface area contributed by atoms with Crippen molar-refractivity contribution in [1.29, 1.82) is 10.7 Å². The van der Waals surface area contributed by atoms with Gasteiger partial charge in [-0.2, -0.15) is 5.26 Å². The van der Waals surface area contributed by atoms with Crippen LogP contribution in [0.2, 0.25) is 10.0 Å². The molecule has 0 unspecified atom stereocenters. The molecule has 0 radical (unpaired) electrons. The Morgan fingerprint density at radius 2 is 2.00 bits per heavy atom. The van der Waals surface area contributed by atoms with Crippen molar-refractivity contribution in [3.8, 4) is 6.07 Å². The molecule has 1 aliphatic heterocycles. The van der Waals surface area contributed by atoms with Crippen molar-refractivity contribution in [3.63, 3.8) is 0 Å². The van der Waals surface area contributed by atoms with Crippen LogP contribution in [0.15, 0.2) is 24.5 Å². The number of amides is 2. The molecule has 1 aromatic carbocycles. The number of aromatic amines is 1. The number of fused-ring (bicyclic) bond motifs is 1. The molecule has 1 fully saturated rings. The van der Waals surface area contributed by atoms with E-state index >= 15 is 0 Å². The third-order valence-electron chi connectivity index (χ3n) is 5.67. The quantitative estimate of drug-likeness (QED) is 0.207. The van der Waals surface area contributed by atoms with E-state index in [2.05, 4.69) is 31.7 Å². The summed E-state index contributed by atoms with van der Waals surface area (Å²) in [4.78, 5) is 35.4. The van der Waals surface area contributed by atoms with Crippen molar-refractivity contribution in [2.75, 3.05) is 25.5 Å². The zero-order valence-corrected chi connectivity index (χ0v) is 21.6. The molecule has 3 heterocycles. The van der Waals surface area contributed by atoms with Gasteiger partial charge in [-0.05, 0) is 31.9 Å². The number of carbonyl (C=O) groups is 2. The number of H-pyrrole nitrogens is 1. The number of carbonyl (C=O) groups excluding carboxylic acids is 2. The number of nitrogens with one attached hydrogen (secondary N) is 4. The zero-order valence-electron chi connectivity index (χ0n) is 20.1. The fourth-order valence-corrected chi connectivity index (χ4v) is 4.00. The Labute approximate surface area is 222 Å². The zero-order chi connectivity index (χ0) is 27.1. The highest BCUT2D eigenvalue weighted by molar-refractivity contribution is 6.42. The van der Waals surface area contributed by atoms with Crippen LogP contribution in [-0.2, 0) is 4.79 Å². The molecule has 0 saturated carbocycles. The van der Waals surface area contributed by atoms with Crippen LogP contribution in [-0.4, -0.2) is 64.3 Å². The highest BCUT2D eigenvalue weighted by atomic mass is 35.5. The van der Waals surface area contributed by atoms with Crippen molar-refractivity contribution in [2.45, 2.75) is 26.1 Å². The molecule has 2 amide bonds. The largest absolute Gasteiger partial charge is 0.388 e. The van der Waals surface area contributed by atoms with Gasteiger partial charge >= 0.3 is 0 Å². The van der Waals surface area contributed by atoms with E-state index < -0.39 is 12.2 Å². The minimum Gasteiger partial charge on any atom is -0.388 e. The smallest absolute Gasteiger partial charge is 0.257 e. The molecule has 2 aromatic heterocycles. The van der Waals surface area contributed by atoms with Gasteiger partial charge in [0, 0.05) is 43.5 Å². The summed E-state index contributed by atoms with van der Waals surface area (Å²) in [6.45, 7) is 2.71. The summed E-state index contributed by atoms with van der Waals surface area (Å²) in [7, 11) is 1.69. The number of likely N-dealkylation sites (tertiary alicyclic amines) is 1. The third-order valence-corrected chi connectivity index (χ3v) is 6.39. The second-order valence-corrected chi connectivity index (χ2v) is 9.04. The number of alkyl halides is 1. The van der Waals surface area contributed by atoms with Crippen LogP contribution in [0.4, 0.5) is 10.1 Å². The number of anilines is 1. The first kappa shape index (κ1) is 27.8. The first-order valence-electron chi connectivity index (χ1n) is 11.3. The van der Waals surface area contributed by atoms with Crippen LogP contribution in [0.25, 0.3) is 11.2 Å². The predicted molar refractivity (Wildman–Crippen MR) is 140 cm³/mol. The lowest BCUT2D eigenvalue weighted by Gasteiger charge is -2.24. The Morgan fingerprint density at radius 1 is 1.32 bits per heavy atom. The standard InChI is InChI=1S/C17H15Cl2FN6O.C7H10N2O/c1-7(20)25-17(27)9-5-23-16-15(9)26-13(6-24-16)14(21)8-3-10(18)11(19)4-12(8)22-2;8-5-7-1-3-9(6-10)4-2-7/h3-7,21-22H,1-2H3,(H,23,24)(H,25,27);6-7H,1-4H2/t7-;/m0./s1. The van der Waals surface area contributed by atoms with Crippen LogP contribution >= 0.6 is 23.2 Å². The van der Waals surface area contributed by atoms with E-state index in [0.717, 1.165) is 32.3 Å². The molecule has 4 N–H and O–H groups in total. The van der Waals surface area contributed by atoms with Gasteiger partial charge in [0.2, 0.25) is 6.41 Å². The second kappa shape index (κ2) is 12.5. The molecule has 0 aliphatic carbocycles. The molecule has 37 heavy (non-hydrogen) atoms. The summed E-state index contributed by atoms with van der Waals surface area (Å²) in [6.07, 6.45) is 3.83. The highest BCUT2D eigenvalue weighted by Crippen LogP contribution is 2.30. The van der Waals surface area contributed by atoms with Crippen LogP contribution in [0.1, 0.15) is 41.4 Å². The Bertz CT molecular complexity index is 1350. The van der Waals surface area contributed by atoms with Gasteiger partial charge in [-0.25, -0.2) is 14.4 Å². The van der Waals surface area contributed by atoms with Gasteiger partial charge in [0.05, 0.1) is 33.6 Å². The van der Waals surface area contributed by atoms with Gasteiger partial charge in [-0.15, -0.1) is 0 Å². The molecule has 10 nitrogen and oxygen atoms in total. The Kier molecular flexibility index (Phi) is 9.38. The summed E-state index contributed by atoms with van der Waals surface area (Å²) < 4.78 is 13.1. The number of halogens is 3. The van der Waals surface area contributed by atoms with Crippen LogP contribution < -0.4 is 10.6 Å². The molecule has 13 heteroatoms. The molecular formula is C24H25Cl2FN8O2. The van der Waals surface area contributed by atoms with E-state index in [1.807, 2.05) is 0 Å². The first-order chi connectivity index (χ1) is 17.7. The van der Waals surface area contributed by atoms with Crippen molar-refractivity contribution < 1.29 is 14.0 Å². The first-order valence-corrected chi connectivity index (χ1v) is 12.1. The molecule has 1 saturated heterocycles. The van der Waals surface area contributed by atoms with E-state index in [0.29, 0.717) is 26.9 Å². The van der Waals surface area contributed by atoms with E-state index in [9.17, 15) is 14.0 Å². The van der Waals surface area contributed by atoms with Crippen molar-refractivity contribution in [1.82, 2.24) is 25.2 Å². The van der Waals surface area contributed by atoms with Crippen LogP contribution in [0.5, 0.6) is 0 Å². The topological polar surface area (TPSA) is 151 Å². The van der Waals surface area contributed by atoms with Crippen molar-refractivity contribution >= 4 is 58.1 Å². The average molecular weight is 547 g/mol. The summed E-state index contributed by atoms with van der Waals surface area (Å²) in [5.74, 6) is -0.448. The normalized spacial score (nSPS) is 14.2. The van der Waals surface area contributed by atoms with Crippen molar-refractivity contribution in [2.24, 2.45) is 5.92 Å². The molecule has 194 valence electrons. The lowest BCUT2D eigenvalue weighted by atomic mass is 9.99. The number of aromatic nitrogens is 3. The van der Waals surface area contributed by atoms with E-state index in [-0.39, 0.29) is 28.4 Å². The second-order valence-electron chi connectivity index (χ2n) is 8.23. The predicted octanol–water partition coefficient (Wildman–Crippen LogP) is 4.15. The number of rotatable bonds is 6. The minimum atomic E-state index is -1.51. The summed E-state index contributed by atoms with van der Waals surface area (Å²) >= 11 is 12.1. The number of hydrogen-bond donors (Lipinski definition) is 4. The lowest BCUT2D eigenvalue weighted by Crippen LogP contribution is -2.31. The average Bonchev–Trinajstić information content (AvgIpc) is 3.33. The number of hydrogen-bond acceptors (Lipinski definition) is 7. The number of piperidine rings is 1. The molecule has 1 aliphatic rings. The molecule has 4 rings (SSSR count). The van der Waals surface area contributed by atoms with E-state index in [1.165, 1.54) is 19.3 Å². The summed E-state index contributed by atoms with van der Waals surface area (Å²) in [6, 6.07) is 5.37. The van der Waals surface area contributed by atoms with Gasteiger partial charge in [0.1, 0.15) is 11.2 Å². The maximum atomic E-state index is 13.1. The van der Waals surface area contributed by atoms with Gasteiger partial charge in [-0.1, -0.05) is 23.2 Å². The maximum Gasteiger partial charge on any atom is 0.257 e. The monoisotopic (exact) mass is 546 g/mol. The Hall–Kier alpha value is -3.75. The Morgan fingerprint density at radius 3 is 2.59 bits per heavy atom. The number of nitriles is 1. The van der Waals surface area contributed by atoms with Crippen LogP contribution in [0, 0.1) is 22.7 Å². The number of nitrogens with zero attached hydrogens (tertiary/aromatic N) is 4. The fourth-order valence-electron chi connectivity index (χ4n) is 3.68. The van der Waals surface area contributed by atoms with Gasteiger partial charge < -0.3 is 20.5 Å². The number of benzene rings is 1. The lowest BCUT2D eigenvalue weighted by molar-refractivity contribution is -0.119. The molecule has 0 bridgehead atoms. The fraction of sp³-hybridized carbons (Fsp3) is 0.333. The Balaban J connectivity index is 0.000000319. The SMILES string of the molecule is CNc1cc(Cl)c(Cl)cc1C(=N)c1cnc2[nH]cc(C(=O)N[C@@H](C)F)c2n1.N#CC1CCN(C=O)CC1. The highest BCUT2D eigenvalue weighted by Gasteiger charge is 2.19. The van der Waals surface area contributed by atoms with E-state index in [1.54, 1.807) is 24.1 Å². The molecular weight excluding hydrogens is 522 g/mol. The minimum absolute atomic E-state index is 0.0405. The summed E-state index contributed by atoms with van der Waals surface area (Å²) in [5.41, 5.74) is 2.06. The van der Waals surface area contributed by atoms with E-state index in [4.69, 9.17) is 33.9 Å².